The van der Waals surface area contributed by atoms with Gasteiger partial charge in [-0.2, -0.15) is 0 Å². The maximum atomic E-state index is 13.8. The first-order valence-corrected chi connectivity index (χ1v) is 12.8. The average molecular weight is 438 g/mol. The van der Waals surface area contributed by atoms with E-state index >= 15 is 0 Å². The van der Waals surface area contributed by atoms with Crippen molar-refractivity contribution < 1.29 is 4.79 Å². The molecule has 0 N–H and O–H groups in total. The summed E-state index contributed by atoms with van der Waals surface area (Å²) >= 11 is 1.43. The first kappa shape index (κ1) is 20.8. The largest absolute Gasteiger partial charge is 0.342 e. The number of piperidine rings is 1. The third-order valence-electron chi connectivity index (χ3n) is 7.38. The molecule has 1 amide bonds. The Kier molecular flexibility index (Phi) is 5.67. The molecule has 5 rings (SSSR count). The van der Waals surface area contributed by atoms with Crippen molar-refractivity contribution in [1.82, 2.24) is 14.5 Å². The minimum atomic E-state index is -0.0719. The number of amides is 1. The zero-order valence-electron chi connectivity index (χ0n) is 18.4. The molecule has 31 heavy (non-hydrogen) atoms. The van der Waals surface area contributed by atoms with Gasteiger partial charge in [-0.1, -0.05) is 48.9 Å². The van der Waals surface area contributed by atoms with E-state index in [1.165, 1.54) is 36.6 Å². The molecule has 0 unspecified atom stereocenters. The highest BCUT2D eigenvalue weighted by molar-refractivity contribution is 7.99. The van der Waals surface area contributed by atoms with Crippen LogP contribution in [0.2, 0.25) is 0 Å². The Morgan fingerprint density at radius 1 is 1.10 bits per heavy atom. The smallest absolute Gasteiger partial charge is 0.258 e. The van der Waals surface area contributed by atoms with Crippen LogP contribution in [0.25, 0.3) is 11.3 Å². The van der Waals surface area contributed by atoms with Crippen LogP contribution in [0.4, 0.5) is 0 Å². The number of benzene rings is 1. The number of likely N-dealkylation sites (tertiary alicyclic amines) is 1. The molecule has 0 bridgehead atoms. The summed E-state index contributed by atoms with van der Waals surface area (Å²) in [7, 11) is 0. The third-order valence-corrected chi connectivity index (χ3v) is 8.34. The van der Waals surface area contributed by atoms with Gasteiger partial charge in [0.1, 0.15) is 0 Å². The Hall–Kier alpha value is -2.08. The fourth-order valence-corrected chi connectivity index (χ4v) is 6.75. The number of fused-ring (bicyclic) bond motifs is 4. The maximum absolute atomic E-state index is 13.8. The van der Waals surface area contributed by atoms with Gasteiger partial charge in [0.2, 0.25) is 5.91 Å². The fourth-order valence-electron chi connectivity index (χ4n) is 5.79. The van der Waals surface area contributed by atoms with Crippen LogP contribution in [0.5, 0.6) is 0 Å². The van der Waals surface area contributed by atoms with E-state index in [1.54, 1.807) is 4.57 Å². The molecule has 2 fully saturated rings. The Bertz CT molecular complexity index is 1050. The quantitative estimate of drug-likeness (QED) is 0.525. The Balaban J connectivity index is 1.55. The minimum Gasteiger partial charge on any atom is -0.342 e. The molecule has 164 valence electrons. The van der Waals surface area contributed by atoms with Crippen molar-refractivity contribution in [2.24, 2.45) is 0 Å². The predicted molar refractivity (Wildman–Crippen MR) is 125 cm³/mol. The summed E-state index contributed by atoms with van der Waals surface area (Å²) in [5.74, 6) is 0.505. The average Bonchev–Trinajstić information content (AvgIpc) is 3.26. The maximum Gasteiger partial charge on any atom is 0.258 e. The van der Waals surface area contributed by atoms with Gasteiger partial charge in [-0.25, -0.2) is 4.98 Å². The fraction of sp³-hybridized carbons (Fsp3) is 0.560. The van der Waals surface area contributed by atoms with Gasteiger partial charge in [0.05, 0.1) is 17.0 Å². The van der Waals surface area contributed by atoms with Gasteiger partial charge in [-0.05, 0) is 51.0 Å². The van der Waals surface area contributed by atoms with Crippen molar-refractivity contribution in [2.45, 2.75) is 75.4 Å². The Morgan fingerprint density at radius 2 is 1.84 bits per heavy atom. The van der Waals surface area contributed by atoms with Gasteiger partial charge < -0.3 is 4.90 Å². The van der Waals surface area contributed by atoms with E-state index in [1.807, 2.05) is 17.9 Å². The number of rotatable bonds is 4. The normalized spacial score (nSPS) is 19.3. The number of hydrogen-bond donors (Lipinski definition) is 0. The summed E-state index contributed by atoms with van der Waals surface area (Å²) in [5.41, 5.74) is 4.23. The number of carbonyl (C=O) groups is 1. The lowest BCUT2D eigenvalue weighted by Crippen LogP contribution is -2.40. The number of hydrogen-bond acceptors (Lipinski definition) is 4. The Labute approximate surface area is 188 Å². The molecule has 0 radical (unpaired) electrons. The van der Waals surface area contributed by atoms with E-state index < -0.39 is 0 Å². The molecular weight excluding hydrogens is 406 g/mol. The number of nitrogens with zero attached hydrogens (tertiary/aromatic N) is 3. The first-order chi connectivity index (χ1) is 15.1. The van der Waals surface area contributed by atoms with Crippen LogP contribution < -0.4 is 5.56 Å². The van der Waals surface area contributed by atoms with Crippen molar-refractivity contribution in [3.63, 3.8) is 0 Å². The number of aromatic nitrogens is 2. The van der Waals surface area contributed by atoms with E-state index in [0.717, 1.165) is 62.0 Å². The first-order valence-electron chi connectivity index (χ1n) is 11.8. The molecule has 2 aromatic rings. The summed E-state index contributed by atoms with van der Waals surface area (Å²) in [5, 5.41) is 0.682. The second-order valence-electron chi connectivity index (χ2n) is 9.22. The molecule has 1 saturated heterocycles. The number of thioether (sulfide) groups is 1. The molecule has 0 atom stereocenters. The molecule has 1 saturated carbocycles. The van der Waals surface area contributed by atoms with E-state index in [0.29, 0.717) is 17.5 Å². The minimum absolute atomic E-state index is 0.0719. The van der Waals surface area contributed by atoms with Gasteiger partial charge >= 0.3 is 0 Å². The highest BCUT2D eigenvalue weighted by Gasteiger charge is 2.44. The van der Waals surface area contributed by atoms with Crippen molar-refractivity contribution in [2.75, 3.05) is 18.8 Å². The van der Waals surface area contributed by atoms with Gasteiger partial charge in [0.25, 0.3) is 5.56 Å². The van der Waals surface area contributed by atoms with E-state index in [-0.39, 0.29) is 16.9 Å². The van der Waals surface area contributed by atoms with Crippen LogP contribution in [0.15, 0.2) is 34.2 Å². The standard InChI is InChI=1S/C25H31N3O2S/c1-2-28-23(30)21-22(26-24(28)31-17-20(29)27-14-8-3-9-15-27)19-11-5-4-10-18(19)16-25(21)12-6-7-13-25/h4-5,10-11H,2-3,6-9,12-17H2,1H3. The second kappa shape index (κ2) is 8.45. The topological polar surface area (TPSA) is 55.2 Å². The molecule has 1 aromatic heterocycles. The molecule has 3 aliphatic rings. The molecule has 1 aliphatic heterocycles. The second-order valence-corrected chi connectivity index (χ2v) is 10.2. The SMILES string of the molecule is CCn1c(SCC(=O)N2CCCCC2)nc2c(c1=O)C1(CCCC1)Cc1ccccc1-2. The highest BCUT2D eigenvalue weighted by atomic mass is 32.2. The lowest BCUT2D eigenvalue weighted by Gasteiger charge is -2.36. The zero-order chi connectivity index (χ0) is 21.4. The Morgan fingerprint density at radius 3 is 2.58 bits per heavy atom. The van der Waals surface area contributed by atoms with Gasteiger partial charge in [0.15, 0.2) is 5.16 Å². The summed E-state index contributed by atoms with van der Waals surface area (Å²) in [6.45, 7) is 4.29. The van der Waals surface area contributed by atoms with Crippen molar-refractivity contribution in [3.05, 3.63) is 45.7 Å². The van der Waals surface area contributed by atoms with E-state index in [2.05, 4.69) is 18.2 Å². The molecule has 1 aromatic carbocycles. The summed E-state index contributed by atoms with van der Waals surface area (Å²) in [6, 6.07) is 8.42. The van der Waals surface area contributed by atoms with Crippen LogP contribution in [-0.2, 0) is 23.2 Å². The molecular formula is C25H31N3O2S. The number of carbonyl (C=O) groups excluding carboxylic acids is 1. The van der Waals surface area contributed by atoms with Crippen LogP contribution in [-0.4, -0.2) is 39.2 Å². The van der Waals surface area contributed by atoms with Crippen molar-refractivity contribution in [3.8, 4) is 11.3 Å². The van der Waals surface area contributed by atoms with E-state index in [4.69, 9.17) is 4.98 Å². The molecule has 6 heteroatoms. The predicted octanol–water partition coefficient (Wildman–Crippen LogP) is 4.40. The lowest BCUT2D eigenvalue weighted by atomic mass is 9.68. The molecule has 5 nitrogen and oxygen atoms in total. The summed E-state index contributed by atoms with van der Waals surface area (Å²) in [4.78, 5) is 33.6. The molecule has 2 aliphatic carbocycles. The van der Waals surface area contributed by atoms with E-state index in [9.17, 15) is 9.59 Å². The van der Waals surface area contributed by atoms with Gasteiger partial charge in [-0.15, -0.1) is 0 Å². The third kappa shape index (κ3) is 3.63. The van der Waals surface area contributed by atoms with Crippen molar-refractivity contribution in [1.29, 1.82) is 0 Å². The highest BCUT2D eigenvalue weighted by Crippen LogP contribution is 2.49. The monoisotopic (exact) mass is 437 g/mol. The lowest BCUT2D eigenvalue weighted by molar-refractivity contribution is -0.129. The molecule has 2 heterocycles. The zero-order valence-corrected chi connectivity index (χ0v) is 19.2. The summed E-state index contributed by atoms with van der Waals surface area (Å²) in [6.07, 6.45) is 8.81. The van der Waals surface area contributed by atoms with Crippen LogP contribution in [0.1, 0.15) is 63.0 Å². The summed E-state index contributed by atoms with van der Waals surface area (Å²) < 4.78 is 1.81. The van der Waals surface area contributed by atoms with Crippen molar-refractivity contribution >= 4 is 17.7 Å². The van der Waals surface area contributed by atoms with Crippen LogP contribution in [0.3, 0.4) is 0 Å². The van der Waals surface area contributed by atoms with Crippen LogP contribution >= 0.6 is 11.8 Å². The van der Waals surface area contributed by atoms with Gasteiger partial charge in [-0.3, -0.25) is 14.2 Å². The molecule has 1 spiro atoms. The van der Waals surface area contributed by atoms with Gasteiger partial charge in [0, 0.05) is 30.6 Å². The van der Waals surface area contributed by atoms with Crippen LogP contribution in [0, 0.1) is 0 Å².